The zero-order chi connectivity index (χ0) is 32.8. The first-order valence-electron chi connectivity index (χ1n) is 17.4. The Morgan fingerprint density at radius 2 is 0.860 bits per heavy atom. The molecule has 0 saturated carbocycles. The van der Waals surface area contributed by atoms with Gasteiger partial charge in [0.15, 0.2) is 0 Å². The van der Waals surface area contributed by atoms with Gasteiger partial charge in [-0.25, -0.2) is 0 Å². The molecule has 0 radical (unpaired) electrons. The molecule has 0 aliphatic heterocycles. The minimum atomic E-state index is 0.872. The Balaban J connectivity index is 1.17. The van der Waals surface area contributed by atoms with Crippen LogP contribution in [0.1, 0.15) is 12.8 Å². The lowest BCUT2D eigenvalue weighted by Crippen LogP contribution is -2.31. The number of para-hydroxylation sites is 2. The first-order chi connectivity index (χ1) is 24.8. The third-order valence-corrected chi connectivity index (χ3v) is 10.7. The fraction of sp³-hybridized carbons (Fsp3) is 0.0417. The Kier molecular flexibility index (Phi) is 5.82. The Bertz CT molecular complexity index is 3120. The van der Waals surface area contributed by atoms with Crippen molar-refractivity contribution < 1.29 is 8.83 Å². The van der Waals surface area contributed by atoms with Gasteiger partial charge >= 0.3 is 0 Å². The van der Waals surface area contributed by atoms with E-state index in [1.807, 2.05) is 18.2 Å². The minimum absolute atomic E-state index is 0.872. The van der Waals surface area contributed by atoms with Crippen LogP contribution < -0.4 is 10.4 Å². The average Bonchev–Trinajstić information content (AvgIpc) is 3.74. The van der Waals surface area contributed by atoms with Gasteiger partial charge < -0.3 is 8.83 Å². The molecule has 0 spiro atoms. The second kappa shape index (κ2) is 10.6. The van der Waals surface area contributed by atoms with Crippen LogP contribution in [-0.2, 0) is 0 Å². The highest BCUT2D eigenvalue weighted by Gasteiger charge is 2.19. The molecule has 1 aliphatic rings. The number of hydrogen-bond acceptors (Lipinski definition) is 2. The minimum Gasteiger partial charge on any atom is -0.456 e. The fourth-order valence-electron chi connectivity index (χ4n) is 8.45. The molecule has 0 atom stereocenters. The zero-order valence-corrected chi connectivity index (χ0v) is 27.2. The largest absolute Gasteiger partial charge is 0.456 e. The van der Waals surface area contributed by atoms with E-state index in [-0.39, 0.29) is 0 Å². The van der Waals surface area contributed by atoms with Gasteiger partial charge in [-0.15, -0.1) is 0 Å². The van der Waals surface area contributed by atoms with E-state index in [0.29, 0.717) is 0 Å². The van der Waals surface area contributed by atoms with Gasteiger partial charge in [0.2, 0.25) is 0 Å². The molecule has 0 N–H and O–H groups in total. The molecule has 234 valence electrons. The van der Waals surface area contributed by atoms with Gasteiger partial charge in [-0.05, 0) is 103 Å². The van der Waals surface area contributed by atoms with Crippen LogP contribution in [-0.4, -0.2) is 0 Å². The maximum absolute atomic E-state index is 6.54. The third kappa shape index (κ3) is 3.96. The lowest BCUT2D eigenvalue weighted by molar-refractivity contribution is 0.667. The molecular weight excluding hydrogens is 609 g/mol. The average molecular weight is 639 g/mol. The van der Waals surface area contributed by atoms with E-state index in [1.165, 1.54) is 54.6 Å². The molecule has 1 aliphatic carbocycles. The summed E-state index contributed by atoms with van der Waals surface area (Å²) in [4.78, 5) is 0. The van der Waals surface area contributed by atoms with Crippen LogP contribution >= 0.6 is 0 Å². The van der Waals surface area contributed by atoms with Crippen molar-refractivity contribution in [1.29, 1.82) is 0 Å². The van der Waals surface area contributed by atoms with Crippen LogP contribution in [0, 0.1) is 0 Å². The fourth-order valence-corrected chi connectivity index (χ4v) is 8.45. The van der Waals surface area contributed by atoms with Crippen LogP contribution in [0.5, 0.6) is 0 Å². The molecule has 0 fully saturated rings. The SMILES string of the molecule is C1=c2c(-c3ccccc3)c3ccccc3c(-c3ccc(-c4cc5c6ccccc6oc5c5cc6oc7ccccc7c6cc45)cc3)c2=CCC1. The molecule has 2 heteroatoms. The van der Waals surface area contributed by atoms with E-state index in [2.05, 4.69) is 140 Å². The highest BCUT2D eigenvalue weighted by atomic mass is 16.3. The summed E-state index contributed by atoms with van der Waals surface area (Å²) in [5.74, 6) is 0. The van der Waals surface area contributed by atoms with Crippen molar-refractivity contribution >= 4 is 77.6 Å². The van der Waals surface area contributed by atoms with Crippen molar-refractivity contribution in [1.82, 2.24) is 0 Å². The van der Waals surface area contributed by atoms with E-state index < -0.39 is 0 Å². The molecule has 50 heavy (non-hydrogen) atoms. The lowest BCUT2D eigenvalue weighted by atomic mass is 9.86. The van der Waals surface area contributed by atoms with Crippen LogP contribution in [0.15, 0.2) is 154 Å². The van der Waals surface area contributed by atoms with Gasteiger partial charge in [0.25, 0.3) is 0 Å². The van der Waals surface area contributed by atoms with Crippen molar-refractivity contribution in [3.05, 3.63) is 156 Å². The van der Waals surface area contributed by atoms with E-state index in [4.69, 9.17) is 8.83 Å². The Morgan fingerprint density at radius 1 is 0.340 bits per heavy atom. The van der Waals surface area contributed by atoms with E-state index in [0.717, 1.165) is 67.5 Å². The summed E-state index contributed by atoms with van der Waals surface area (Å²) in [5, 5.41) is 12.0. The molecule has 0 bridgehead atoms. The molecule has 0 amide bonds. The van der Waals surface area contributed by atoms with Crippen molar-refractivity contribution in [3.63, 3.8) is 0 Å². The number of hydrogen-bond donors (Lipinski definition) is 0. The number of benzene rings is 8. The van der Waals surface area contributed by atoms with Crippen LogP contribution in [0.4, 0.5) is 0 Å². The summed E-state index contributed by atoms with van der Waals surface area (Å²) in [5.41, 5.74) is 11.1. The van der Waals surface area contributed by atoms with Crippen LogP contribution in [0.3, 0.4) is 0 Å². The molecule has 10 aromatic rings. The first-order valence-corrected chi connectivity index (χ1v) is 17.4. The van der Waals surface area contributed by atoms with E-state index in [9.17, 15) is 0 Å². The second-order valence-corrected chi connectivity index (χ2v) is 13.4. The van der Waals surface area contributed by atoms with Gasteiger partial charge in [0.05, 0.1) is 0 Å². The van der Waals surface area contributed by atoms with Gasteiger partial charge in [-0.1, -0.05) is 127 Å². The quantitative estimate of drug-likeness (QED) is 0.192. The molecule has 2 nitrogen and oxygen atoms in total. The molecular formula is C48H30O2. The predicted molar refractivity (Wildman–Crippen MR) is 210 cm³/mol. The maximum Gasteiger partial charge on any atom is 0.143 e. The summed E-state index contributed by atoms with van der Waals surface area (Å²) in [6.45, 7) is 0. The van der Waals surface area contributed by atoms with Gasteiger partial charge in [0, 0.05) is 26.9 Å². The van der Waals surface area contributed by atoms with E-state index >= 15 is 0 Å². The molecule has 2 aromatic heterocycles. The van der Waals surface area contributed by atoms with E-state index in [1.54, 1.807) is 0 Å². The number of rotatable bonds is 3. The normalized spacial score (nSPS) is 13.0. The number of fused-ring (bicyclic) bond motifs is 10. The third-order valence-electron chi connectivity index (χ3n) is 10.7. The summed E-state index contributed by atoms with van der Waals surface area (Å²) in [6.07, 6.45) is 7.00. The van der Waals surface area contributed by atoms with Crippen LogP contribution in [0.2, 0.25) is 0 Å². The van der Waals surface area contributed by atoms with Gasteiger partial charge in [0.1, 0.15) is 22.3 Å². The number of furan rings is 2. The monoisotopic (exact) mass is 638 g/mol. The summed E-state index contributed by atoms with van der Waals surface area (Å²) in [7, 11) is 0. The summed E-state index contributed by atoms with van der Waals surface area (Å²) in [6, 6.07) is 52.4. The van der Waals surface area contributed by atoms with Gasteiger partial charge in [-0.3, -0.25) is 0 Å². The molecule has 0 unspecified atom stereocenters. The van der Waals surface area contributed by atoms with Crippen molar-refractivity contribution in [2.45, 2.75) is 12.8 Å². The smallest absolute Gasteiger partial charge is 0.143 e. The Hall–Kier alpha value is -6.38. The Morgan fingerprint density at radius 3 is 1.54 bits per heavy atom. The topological polar surface area (TPSA) is 26.3 Å². The standard InChI is InChI=1S/C48H30O2/c1-2-12-30(13-3-1)46-34-16-4-6-18-36(34)47(37-19-7-5-17-35(37)46)31-24-22-29(23-25-31)38-26-41-33-15-9-11-21-44(33)50-48(41)42-28-45-40(27-39(38)42)32-14-8-10-20-43(32)49-45/h1-4,6,8-28H,5,7H2. The highest BCUT2D eigenvalue weighted by Crippen LogP contribution is 2.43. The van der Waals surface area contributed by atoms with Crippen molar-refractivity contribution in [2.24, 2.45) is 0 Å². The lowest BCUT2D eigenvalue weighted by Gasteiger charge is -2.18. The highest BCUT2D eigenvalue weighted by molar-refractivity contribution is 6.23. The Labute approximate surface area is 287 Å². The summed E-state index contributed by atoms with van der Waals surface area (Å²) < 4.78 is 12.9. The second-order valence-electron chi connectivity index (χ2n) is 13.4. The summed E-state index contributed by atoms with van der Waals surface area (Å²) >= 11 is 0. The van der Waals surface area contributed by atoms with Crippen molar-refractivity contribution in [3.8, 4) is 33.4 Å². The molecule has 0 saturated heterocycles. The molecule has 8 aromatic carbocycles. The zero-order valence-electron chi connectivity index (χ0n) is 27.2. The van der Waals surface area contributed by atoms with Crippen molar-refractivity contribution in [2.75, 3.05) is 0 Å². The predicted octanol–water partition coefficient (Wildman–Crippen LogP) is 12.1. The van der Waals surface area contributed by atoms with Gasteiger partial charge in [-0.2, -0.15) is 0 Å². The maximum atomic E-state index is 6.54. The first kappa shape index (κ1) is 27.6. The molecule has 11 rings (SSSR count). The van der Waals surface area contributed by atoms with Crippen LogP contribution in [0.25, 0.3) is 111 Å². The molecule has 2 heterocycles.